The summed E-state index contributed by atoms with van der Waals surface area (Å²) < 4.78 is 5.15. The van der Waals surface area contributed by atoms with E-state index in [1.165, 1.54) is 12.0 Å². The number of unbranched alkanes of at least 4 members (excludes halogenated alkanes) is 1. The zero-order valence-electron chi connectivity index (χ0n) is 12.1. The van der Waals surface area contributed by atoms with Crippen molar-refractivity contribution in [1.82, 2.24) is 0 Å². The molecule has 0 aliphatic carbocycles. The zero-order chi connectivity index (χ0) is 15.7. The molecule has 0 amide bonds. The first kappa shape index (κ1) is 18.0. The van der Waals surface area contributed by atoms with E-state index in [4.69, 9.17) is 9.29 Å². The molecule has 1 aromatic rings. The number of benzene rings is 1. The largest absolute Gasteiger partial charge is 0.481 e. The Labute approximate surface area is 132 Å². The molecule has 0 radical (unpaired) electrons. The molecule has 0 bridgehead atoms. The second kappa shape index (κ2) is 9.80. The molecule has 2 unspecified atom stereocenters. The van der Waals surface area contributed by atoms with E-state index in [0.29, 0.717) is 6.42 Å². The number of rotatable bonds is 9. The molecule has 0 aromatic heterocycles. The summed E-state index contributed by atoms with van der Waals surface area (Å²) >= 11 is 1.20. The van der Waals surface area contributed by atoms with E-state index in [1.54, 1.807) is 0 Å². The minimum Gasteiger partial charge on any atom is -0.481 e. The second-order valence-corrected chi connectivity index (χ2v) is 6.17. The van der Waals surface area contributed by atoms with Gasteiger partial charge in [0.1, 0.15) is 0 Å². The molecule has 21 heavy (non-hydrogen) atoms. The Morgan fingerprint density at radius 1 is 1.33 bits per heavy atom. The topological polar surface area (TPSA) is 63.6 Å². The lowest BCUT2D eigenvalue weighted by Gasteiger charge is -2.11. The number of carbonyl (C=O) groups is 2. The Kier molecular flexibility index (Phi) is 8.40. The maximum atomic E-state index is 11.9. The number of carboxylic acid groups (broad SMARTS) is 1. The Morgan fingerprint density at radius 2 is 2.00 bits per heavy atom. The summed E-state index contributed by atoms with van der Waals surface area (Å²) in [5.41, 5.74) is 1.40. The highest BCUT2D eigenvalue weighted by Gasteiger charge is 2.17. The Bertz CT molecular complexity index is 461. The van der Waals surface area contributed by atoms with Crippen LogP contribution in [0.2, 0.25) is 0 Å². The first-order chi connectivity index (χ1) is 10.0. The molecule has 0 spiro atoms. The fourth-order valence-electron chi connectivity index (χ4n) is 1.63. The highest BCUT2D eigenvalue weighted by Crippen LogP contribution is 2.27. The van der Waals surface area contributed by atoms with E-state index in [-0.39, 0.29) is 12.4 Å². The maximum Gasteiger partial charge on any atom is 0.329 e. The van der Waals surface area contributed by atoms with Crippen LogP contribution < -0.4 is 0 Å². The van der Waals surface area contributed by atoms with Crippen LogP contribution in [-0.4, -0.2) is 22.8 Å². The van der Waals surface area contributed by atoms with Gasteiger partial charge in [-0.25, -0.2) is 0 Å². The van der Waals surface area contributed by atoms with Crippen molar-refractivity contribution in [3.8, 4) is 0 Å². The van der Waals surface area contributed by atoms with Crippen molar-refractivity contribution < 1.29 is 18.9 Å². The van der Waals surface area contributed by atoms with Crippen molar-refractivity contribution >= 4 is 33.2 Å². The van der Waals surface area contributed by atoms with Crippen molar-refractivity contribution in [3.63, 3.8) is 0 Å². The molecular weight excluding hydrogens is 307 g/mol. The summed E-state index contributed by atoms with van der Waals surface area (Å²) in [6, 6.07) is 7.39. The molecule has 1 rings (SSSR count). The third-order valence-corrected chi connectivity index (χ3v) is 4.34. The SMILES string of the molecule is CCCCSOC(=O)C(P)c1ccc(CCC(=O)O)cc1. The predicted octanol–water partition coefficient (Wildman–Crippen LogP) is 3.61. The lowest BCUT2D eigenvalue weighted by atomic mass is 10.1. The van der Waals surface area contributed by atoms with Gasteiger partial charge in [0.15, 0.2) is 0 Å². The summed E-state index contributed by atoms with van der Waals surface area (Å²) in [5, 5.41) is 8.64. The number of hydrogen-bond donors (Lipinski definition) is 1. The number of aryl methyl sites for hydroxylation is 1. The Hall–Kier alpha value is -1.06. The third kappa shape index (κ3) is 6.96. The van der Waals surface area contributed by atoms with Gasteiger partial charge >= 0.3 is 11.9 Å². The Balaban J connectivity index is 2.48. The summed E-state index contributed by atoms with van der Waals surface area (Å²) in [6.07, 6.45) is 2.71. The van der Waals surface area contributed by atoms with Crippen LogP contribution in [0.3, 0.4) is 0 Å². The fraction of sp³-hybridized carbons (Fsp3) is 0.467. The van der Waals surface area contributed by atoms with Crippen LogP contribution in [0.5, 0.6) is 0 Å². The lowest BCUT2D eigenvalue weighted by Crippen LogP contribution is -2.07. The minimum atomic E-state index is -0.810. The van der Waals surface area contributed by atoms with Crippen LogP contribution in [0.25, 0.3) is 0 Å². The predicted molar refractivity (Wildman–Crippen MR) is 88.3 cm³/mol. The van der Waals surface area contributed by atoms with E-state index in [9.17, 15) is 9.59 Å². The van der Waals surface area contributed by atoms with E-state index >= 15 is 0 Å². The molecule has 0 aliphatic rings. The first-order valence-electron chi connectivity index (χ1n) is 6.94. The van der Waals surface area contributed by atoms with Gasteiger partial charge in [0.05, 0.1) is 17.7 Å². The van der Waals surface area contributed by atoms with Crippen molar-refractivity contribution in [1.29, 1.82) is 0 Å². The molecule has 0 saturated heterocycles. The van der Waals surface area contributed by atoms with Gasteiger partial charge in [-0.05, 0) is 24.0 Å². The van der Waals surface area contributed by atoms with Gasteiger partial charge in [0, 0.05) is 12.2 Å². The highest BCUT2D eigenvalue weighted by molar-refractivity contribution is 7.95. The molecule has 4 nitrogen and oxygen atoms in total. The molecule has 0 fully saturated rings. The van der Waals surface area contributed by atoms with Crippen molar-refractivity contribution in [2.24, 2.45) is 0 Å². The van der Waals surface area contributed by atoms with E-state index in [1.807, 2.05) is 24.3 Å². The van der Waals surface area contributed by atoms with Crippen LogP contribution in [0.1, 0.15) is 43.0 Å². The van der Waals surface area contributed by atoms with Crippen LogP contribution >= 0.6 is 21.3 Å². The van der Waals surface area contributed by atoms with Crippen molar-refractivity contribution in [2.75, 3.05) is 5.75 Å². The van der Waals surface area contributed by atoms with Gasteiger partial charge in [0.25, 0.3) is 0 Å². The third-order valence-electron chi connectivity index (χ3n) is 2.94. The van der Waals surface area contributed by atoms with Gasteiger partial charge in [-0.1, -0.05) is 37.6 Å². The molecule has 1 aromatic carbocycles. The molecular formula is C15H21O4PS. The van der Waals surface area contributed by atoms with Gasteiger partial charge in [-0.3, -0.25) is 9.59 Å². The smallest absolute Gasteiger partial charge is 0.329 e. The summed E-state index contributed by atoms with van der Waals surface area (Å²) in [5.74, 6) is -0.275. The molecule has 0 aliphatic heterocycles. The summed E-state index contributed by atoms with van der Waals surface area (Å²) in [4.78, 5) is 22.4. The van der Waals surface area contributed by atoms with E-state index in [2.05, 4.69) is 16.2 Å². The zero-order valence-corrected chi connectivity index (χ0v) is 14.1. The van der Waals surface area contributed by atoms with Crippen LogP contribution in [0.4, 0.5) is 0 Å². The van der Waals surface area contributed by atoms with Crippen LogP contribution in [0.15, 0.2) is 24.3 Å². The normalized spacial score (nSPS) is 11.9. The van der Waals surface area contributed by atoms with Crippen molar-refractivity contribution in [2.45, 2.75) is 38.3 Å². The standard InChI is InChI=1S/C15H21O4PS/c1-2-3-10-21-19-15(18)14(20)12-7-4-11(5-8-12)6-9-13(16)17/h4-5,7-8,14H,2-3,6,9-10,20H2,1H3,(H,16,17). The van der Waals surface area contributed by atoms with Gasteiger partial charge in [-0.2, -0.15) is 0 Å². The van der Waals surface area contributed by atoms with Crippen molar-refractivity contribution in [3.05, 3.63) is 35.4 Å². The van der Waals surface area contributed by atoms with Gasteiger partial charge in [-0.15, -0.1) is 9.24 Å². The number of aliphatic carboxylic acids is 1. The monoisotopic (exact) mass is 328 g/mol. The van der Waals surface area contributed by atoms with Crippen LogP contribution in [0, 0.1) is 0 Å². The number of hydrogen-bond acceptors (Lipinski definition) is 4. The summed E-state index contributed by atoms with van der Waals surface area (Å²) in [7, 11) is 2.49. The number of carboxylic acids is 1. The molecule has 116 valence electrons. The molecule has 0 heterocycles. The van der Waals surface area contributed by atoms with E-state index in [0.717, 1.165) is 29.7 Å². The molecule has 0 saturated carbocycles. The number of carbonyl (C=O) groups excluding carboxylic acids is 1. The molecule has 6 heteroatoms. The second-order valence-electron chi connectivity index (χ2n) is 4.69. The maximum absolute atomic E-state index is 11.9. The van der Waals surface area contributed by atoms with Crippen LogP contribution in [-0.2, 0) is 20.2 Å². The quantitative estimate of drug-likeness (QED) is 0.426. The lowest BCUT2D eigenvalue weighted by molar-refractivity contribution is -0.137. The van der Waals surface area contributed by atoms with E-state index < -0.39 is 11.6 Å². The average Bonchev–Trinajstić information content (AvgIpc) is 2.49. The molecule has 2 atom stereocenters. The minimum absolute atomic E-state index is 0.111. The summed E-state index contributed by atoms with van der Waals surface area (Å²) in [6.45, 7) is 2.09. The Morgan fingerprint density at radius 3 is 2.57 bits per heavy atom. The molecule has 1 N–H and O–H groups in total. The van der Waals surface area contributed by atoms with Gasteiger partial charge < -0.3 is 9.29 Å². The average molecular weight is 328 g/mol. The first-order valence-corrected chi connectivity index (χ1v) is 8.51. The highest BCUT2D eigenvalue weighted by atomic mass is 32.2. The fourth-order valence-corrected chi connectivity index (χ4v) is 2.73. The van der Waals surface area contributed by atoms with Gasteiger partial charge in [0.2, 0.25) is 0 Å².